The average Bonchev–Trinajstić information content (AvgIpc) is 2.47. The van der Waals surface area contributed by atoms with Gasteiger partial charge >= 0.3 is 6.36 Å². The third-order valence-electron chi connectivity index (χ3n) is 3.33. The van der Waals surface area contributed by atoms with Crippen LogP contribution in [0.3, 0.4) is 0 Å². The van der Waals surface area contributed by atoms with Crippen LogP contribution in [0.4, 0.5) is 18.9 Å². The van der Waals surface area contributed by atoms with Crippen molar-refractivity contribution in [2.45, 2.75) is 19.8 Å². The molecule has 0 radical (unpaired) electrons. The monoisotopic (exact) mass is 352 g/mol. The molecule has 0 heterocycles. The normalized spacial score (nSPS) is 11.5. The van der Waals surface area contributed by atoms with E-state index < -0.39 is 18.0 Å². The van der Waals surface area contributed by atoms with Gasteiger partial charge in [0.1, 0.15) is 0 Å². The number of alkyl halides is 3. The summed E-state index contributed by atoms with van der Waals surface area (Å²) in [6.07, 6.45) is -4.85. The smallest absolute Gasteiger partial charge is 0.404 e. The Bertz CT molecular complexity index is 758. The number of anilines is 1. The van der Waals surface area contributed by atoms with Crippen molar-refractivity contribution >= 4 is 11.6 Å². The van der Waals surface area contributed by atoms with Gasteiger partial charge in [0.25, 0.3) is 0 Å². The summed E-state index contributed by atoms with van der Waals surface area (Å²) in [5, 5.41) is 2.35. The molecule has 25 heavy (non-hydrogen) atoms. The zero-order valence-corrected chi connectivity index (χ0v) is 14.1. The molecule has 0 saturated carbocycles. The van der Waals surface area contributed by atoms with E-state index in [0.29, 0.717) is 12.1 Å². The fourth-order valence-corrected chi connectivity index (χ4v) is 2.47. The summed E-state index contributed by atoms with van der Waals surface area (Å²) in [7, 11) is 3.82. The Morgan fingerprint density at radius 1 is 1.16 bits per heavy atom. The predicted octanol–water partition coefficient (Wildman–Crippen LogP) is 4.27. The predicted molar refractivity (Wildman–Crippen MR) is 90.3 cm³/mol. The highest BCUT2D eigenvalue weighted by molar-refractivity contribution is 5.91. The minimum Gasteiger partial charge on any atom is -0.404 e. The van der Waals surface area contributed by atoms with Crippen molar-refractivity contribution in [3.63, 3.8) is 0 Å². The standard InChI is InChI=1S/C18H19F3N2O2/c1-12(24)22-16-9-8-13(10-17(16)25-18(19,20)21)15-7-5-4-6-14(15)11-23(2)3/h4-10H,11H2,1-3H3,(H,22,24). The summed E-state index contributed by atoms with van der Waals surface area (Å²) in [5.74, 6) is -0.923. The number of halogens is 3. The van der Waals surface area contributed by atoms with Gasteiger partial charge in [-0.15, -0.1) is 13.2 Å². The van der Waals surface area contributed by atoms with E-state index in [4.69, 9.17) is 0 Å². The fraction of sp³-hybridized carbons (Fsp3) is 0.278. The van der Waals surface area contributed by atoms with Gasteiger partial charge in [-0.1, -0.05) is 30.3 Å². The second kappa shape index (κ2) is 7.57. The number of carbonyl (C=O) groups is 1. The first-order valence-corrected chi connectivity index (χ1v) is 7.56. The molecule has 0 aliphatic heterocycles. The van der Waals surface area contributed by atoms with Crippen molar-refractivity contribution in [1.29, 1.82) is 0 Å². The van der Waals surface area contributed by atoms with Gasteiger partial charge in [-0.05, 0) is 42.9 Å². The van der Waals surface area contributed by atoms with Crippen LogP contribution in [0.15, 0.2) is 42.5 Å². The van der Waals surface area contributed by atoms with Crippen molar-refractivity contribution in [1.82, 2.24) is 4.90 Å². The molecular weight excluding hydrogens is 333 g/mol. The summed E-state index contributed by atoms with van der Waals surface area (Å²) in [4.78, 5) is 13.2. The molecule has 2 rings (SSSR count). The van der Waals surface area contributed by atoms with Crippen LogP contribution in [0.5, 0.6) is 5.75 Å². The Morgan fingerprint density at radius 2 is 1.84 bits per heavy atom. The van der Waals surface area contributed by atoms with Crippen molar-refractivity contribution in [3.05, 3.63) is 48.0 Å². The van der Waals surface area contributed by atoms with Crippen LogP contribution in [0, 0.1) is 0 Å². The fourth-order valence-electron chi connectivity index (χ4n) is 2.47. The maximum absolute atomic E-state index is 12.7. The van der Waals surface area contributed by atoms with Gasteiger partial charge < -0.3 is 15.0 Å². The van der Waals surface area contributed by atoms with Crippen LogP contribution in [-0.2, 0) is 11.3 Å². The largest absolute Gasteiger partial charge is 0.573 e. The van der Waals surface area contributed by atoms with E-state index in [-0.39, 0.29) is 5.69 Å². The van der Waals surface area contributed by atoms with E-state index >= 15 is 0 Å². The SMILES string of the molecule is CC(=O)Nc1ccc(-c2ccccc2CN(C)C)cc1OC(F)(F)F. The summed E-state index contributed by atoms with van der Waals surface area (Å²) in [6.45, 7) is 1.86. The lowest BCUT2D eigenvalue weighted by molar-refractivity contribution is -0.274. The maximum Gasteiger partial charge on any atom is 0.573 e. The molecule has 0 bridgehead atoms. The quantitative estimate of drug-likeness (QED) is 0.874. The van der Waals surface area contributed by atoms with Gasteiger partial charge in [-0.2, -0.15) is 0 Å². The number of amides is 1. The molecule has 0 spiro atoms. The zero-order chi connectivity index (χ0) is 18.6. The highest BCUT2D eigenvalue weighted by Crippen LogP contribution is 2.35. The Balaban J connectivity index is 2.49. The summed E-state index contributed by atoms with van der Waals surface area (Å²) < 4.78 is 42.2. The van der Waals surface area contributed by atoms with E-state index in [1.54, 1.807) is 6.07 Å². The average molecular weight is 352 g/mol. The van der Waals surface area contributed by atoms with Crippen LogP contribution in [-0.4, -0.2) is 31.3 Å². The van der Waals surface area contributed by atoms with Crippen LogP contribution in [0.2, 0.25) is 0 Å². The first-order chi connectivity index (χ1) is 11.7. The Hall–Kier alpha value is -2.54. The number of hydrogen-bond donors (Lipinski definition) is 1. The summed E-state index contributed by atoms with van der Waals surface area (Å²) >= 11 is 0. The molecule has 0 unspecified atom stereocenters. The van der Waals surface area contributed by atoms with Crippen molar-refractivity contribution in [2.75, 3.05) is 19.4 Å². The molecule has 0 fully saturated rings. The lowest BCUT2D eigenvalue weighted by Gasteiger charge is -2.17. The second-order valence-electron chi connectivity index (χ2n) is 5.83. The van der Waals surface area contributed by atoms with Gasteiger partial charge in [0.15, 0.2) is 5.75 Å². The molecule has 1 N–H and O–H groups in total. The number of rotatable bonds is 5. The van der Waals surface area contributed by atoms with Gasteiger partial charge in [0.05, 0.1) is 5.69 Å². The molecule has 0 aliphatic carbocycles. The number of hydrogen-bond acceptors (Lipinski definition) is 3. The first kappa shape index (κ1) is 18.8. The highest BCUT2D eigenvalue weighted by atomic mass is 19.4. The Morgan fingerprint density at radius 3 is 2.44 bits per heavy atom. The number of ether oxygens (including phenoxy) is 1. The number of benzene rings is 2. The Labute approximate surface area is 144 Å². The van der Waals surface area contributed by atoms with Crippen LogP contribution < -0.4 is 10.1 Å². The van der Waals surface area contributed by atoms with E-state index in [9.17, 15) is 18.0 Å². The van der Waals surface area contributed by atoms with Crippen LogP contribution in [0.25, 0.3) is 11.1 Å². The molecule has 2 aromatic rings. The topological polar surface area (TPSA) is 41.6 Å². The van der Waals surface area contributed by atoms with E-state index in [1.165, 1.54) is 19.1 Å². The number of nitrogens with one attached hydrogen (secondary N) is 1. The van der Waals surface area contributed by atoms with Gasteiger partial charge in [0.2, 0.25) is 5.91 Å². The van der Waals surface area contributed by atoms with Crippen molar-refractivity contribution in [2.24, 2.45) is 0 Å². The van der Waals surface area contributed by atoms with Crippen LogP contribution in [0.1, 0.15) is 12.5 Å². The molecule has 4 nitrogen and oxygen atoms in total. The molecule has 0 aliphatic rings. The molecule has 7 heteroatoms. The molecular formula is C18H19F3N2O2. The summed E-state index contributed by atoms with van der Waals surface area (Å²) in [6, 6.07) is 11.8. The second-order valence-corrected chi connectivity index (χ2v) is 5.83. The van der Waals surface area contributed by atoms with Crippen LogP contribution >= 0.6 is 0 Å². The molecule has 1 amide bonds. The third-order valence-corrected chi connectivity index (χ3v) is 3.33. The third kappa shape index (κ3) is 5.49. The first-order valence-electron chi connectivity index (χ1n) is 7.56. The van der Waals surface area contributed by atoms with Crippen molar-refractivity contribution in [3.8, 4) is 16.9 Å². The van der Waals surface area contributed by atoms with E-state index in [1.807, 2.05) is 43.3 Å². The zero-order valence-electron chi connectivity index (χ0n) is 14.1. The highest BCUT2D eigenvalue weighted by Gasteiger charge is 2.32. The summed E-state index contributed by atoms with van der Waals surface area (Å²) in [5.41, 5.74) is 2.32. The maximum atomic E-state index is 12.7. The number of nitrogens with zero attached hydrogens (tertiary/aromatic N) is 1. The van der Waals surface area contributed by atoms with E-state index in [0.717, 1.165) is 11.1 Å². The minimum absolute atomic E-state index is 0.0290. The van der Waals surface area contributed by atoms with Crippen molar-refractivity contribution < 1.29 is 22.7 Å². The van der Waals surface area contributed by atoms with Gasteiger partial charge in [-0.3, -0.25) is 4.79 Å². The minimum atomic E-state index is -4.85. The van der Waals surface area contributed by atoms with Gasteiger partial charge in [-0.25, -0.2) is 0 Å². The molecule has 2 aromatic carbocycles. The molecule has 0 atom stereocenters. The Kier molecular flexibility index (Phi) is 5.69. The lowest BCUT2D eigenvalue weighted by atomic mass is 9.98. The lowest BCUT2D eigenvalue weighted by Crippen LogP contribution is -2.19. The van der Waals surface area contributed by atoms with Gasteiger partial charge in [0, 0.05) is 13.5 Å². The molecule has 134 valence electrons. The molecule has 0 aromatic heterocycles. The number of carbonyl (C=O) groups excluding carboxylic acids is 1. The van der Waals surface area contributed by atoms with E-state index in [2.05, 4.69) is 10.1 Å². The molecule has 0 saturated heterocycles.